The van der Waals surface area contributed by atoms with Gasteiger partial charge in [0.15, 0.2) is 5.75 Å². The Bertz CT molecular complexity index is 462. The average Bonchev–Trinajstić information content (AvgIpc) is 2.41. The van der Waals surface area contributed by atoms with E-state index < -0.39 is 5.54 Å². The van der Waals surface area contributed by atoms with Crippen molar-refractivity contribution in [2.24, 2.45) is 0 Å². The van der Waals surface area contributed by atoms with E-state index in [1.54, 1.807) is 18.2 Å². The maximum Gasteiger partial charge on any atom is 0.255 e. The Morgan fingerprint density at radius 2 is 2.15 bits per heavy atom. The Hall–Kier alpha value is -1.75. The molecule has 0 spiro atoms. The minimum absolute atomic E-state index is 0.0276. The number of nitrogens with one attached hydrogen (secondary N) is 1. The number of para-hydroxylation sites is 1. The average molecular weight is 280 g/mol. The van der Waals surface area contributed by atoms with Gasteiger partial charge < -0.3 is 20.9 Å². The first-order valence-electron chi connectivity index (χ1n) is 6.92. The van der Waals surface area contributed by atoms with Crippen molar-refractivity contribution in [1.29, 1.82) is 0 Å². The number of carbonyl (C=O) groups is 1. The molecule has 5 nitrogen and oxygen atoms in total. The van der Waals surface area contributed by atoms with Gasteiger partial charge in [-0.3, -0.25) is 4.79 Å². The molecule has 20 heavy (non-hydrogen) atoms. The highest BCUT2D eigenvalue weighted by Crippen LogP contribution is 2.27. The highest BCUT2D eigenvalue weighted by molar-refractivity contribution is 5.99. The smallest absolute Gasteiger partial charge is 0.255 e. The molecule has 0 aliphatic carbocycles. The van der Waals surface area contributed by atoms with Crippen LogP contribution in [0, 0.1) is 0 Å². The first-order chi connectivity index (χ1) is 9.47. The van der Waals surface area contributed by atoms with E-state index in [1.807, 2.05) is 20.8 Å². The number of aliphatic hydroxyl groups excluding tert-OH is 1. The molecule has 1 aromatic rings. The van der Waals surface area contributed by atoms with Crippen molar-refractivity contribution in [3.8, 4) is 5.75 Å². The van der Waals surface area contributed by atoms with E-state index in [0.29, 0.717) is 30.0 Å². The Morgan fingerprint density at radius 1 is 1.45 bits per heavy atom. The van der Waals surface area contributed by atoms with Crippen molar-refractivity contribution in [3.05, 3.63) is 23.8 Å². The number of benzene rings is 1. The summed E-state index contributed by atoms with van der Waals surface area (Å²) in [7, 11) is 0. The van der Waals surface area contributed by atoms with Crippen molar-refractivity contribution in [3.63, 3.8) is 0 Å². The van der Waals surface area contributed by atoms with Crippen LogP contribution < -0.4 is 15.8 Å². The van der Waals surface area contributed by atoms with E-state index in [-0.39, 0.29) is 12.5 Å². The fraction of sp³-hybridized carbons (Fsp3) is 0.533. The van der Waals surface area contributed by atoms with Gasteiger partial charge in [0.25, 0.3) is 5.91 Å². The highest BCUT2D eigenvalue weighted by Gasteiger charge is 2.26. The summed E-state index contributed by atoms with van der Waals surface area (Å²) in [5.74, 6) is 0.175. The van der Waals surface area contributed by atoms with Gasteiger partial charge in [0.05, 0.1) is 17.9 Å². The fourth-order valence-corrected chi connectivity index (χ4v) is 1.95. The third kappa shape index (κ3) is 3.87. The molecule has 1 atom stereocenters. The predicted octanol–water partition coefficient (Wildman–Crippen LogP) is 1.95. The van der Waals surface area contributed by atoms with E-state index >= 15 is 0 Å². The second-order valence-electron chi connectivity index (χ2n) is 5.00. The third-order valence-electron chi connectivity index (χ3n) is 3.44. The number of amides is 1. The maximum absolute atomic E-state index is 12.4. The second kappa shape index (κ2) is 7.14. The van der Waals surface area contributed by atoms with Crippen LogP contribution >= 0.6 is 0 Å². The van der Waals surface area contributed by atoms with E-state index in [0.717, 1.165) is 6.42 Å². The third-order valence-corrected chi connectivity index (χ3v) is 3.44. The zero-order chi connectivity index (χ0) is 15.2. The summed E-state index contributed by atoms with van der Waals surface area (Å²) in [5.41, 5.74) is 6.28. The van der Waals surface area contributed by atoms with Gasteiger partial charge in [-0.1, -0.05) is 13.0 Å². The van der Waals surface area contributed by atoms with E-state index in [4.69, 9.17) is 15.6 Å². The zero-order valence-electron chi connectivity index (χ0n) is 12.4. The van der Waals surface area contributed by atoms with Crippen molar-refractivity contribution >= 4 is 11.6 Å². The minimum atomic E-state index is -0.445. The van der Waals surface area contributed by atoms with Gasteiger partial charge in [0.2, 0.25) is 0 Å². The second-order valence-corrected chi connectivity index (χ2v) is 5.00. The van der Waals surface area contributed by atoms with Gasteiger partial charge in [0, 0.05) is 12.1 Å². The van der Waals surface area contributed by atoms with E-state index in [2.05, 4.69) is 5.32 Å². The Kier molecular flexibility index (Phi) is 5.82. The van der Waals surface area contributed by atoms with Crippen LogP contribution in [0.1, 0.15) is 44.0 Å². The Balaban J connectivity index is 3.00. The molecule has 4 N–H and O–H groups in total. The molecule has 0 saturated heterocycles. The highest BCUT2D eigenvalue weighted by atomic mass is 16.5. The maximum atomic E-state index is 12.4. The molecule has 0 aromatic heterocycles. The summed E-state index contributed by atoms with van der Waals surface area (Å²) >= 11 is 0. The number of hydrogen-bond acceptors (Lipinski definition) is 4. The lowest BCUT2D eigenvalue weighted by molar-refractivity contribution is 0.0882. The fourth-order valence-electron chi connectivity index (χ4n) is 1.95. The van der Waals surface area contributed by atoms with Crippen LogP contribution in [-0.4, -0.2) is 29.8 Å². The summed E-state index contributed by atoms with van der Waals surface area (Å²) < 4.78 is 5.46. The largest absolute Gasteiger partial charge is 0.491 e. The summed E-state index contributed by atoms with van der Waals surface area (Å²) in [4.78, 5) is 12.4. The number of carbonyl (C=O) groups excluding carboxylic acids is 1. The zero-order valence-corrected chi connectivity index (χ0v) is 12.4. The molecule has 0 aliphatic rings. The van der Waals surface area contributed by atoms with Crippen molar-refractivity contribution < 1.29 is 14.6 Å². The van der Waals surface area contributed by atoms with Crippen LogP contribution in [0.2, 0.25) is 0 Å². The number of hydrogen-bond donors (Lipinski definition) is 3. The number of anilines is 1. The van der Waals surface area contributed by atoms with Crippen LogP contribution in [-0.2, 0) is 0 Å². The Labute approximate surface area is 120 Å². The molecular formula is C15H24N2O3. The lowest BCUT2D eigenvalue weighted by Gasteiger charge is -2.29. The summed E-state index contributed by atoms with van der Waals surface area (Å²) in [6.07, 6.45) is 1.23. The van der Waals surface area contributed by atoms with Gasteiger partial charge in [0.1, 0.15) is 0 Å². The number of rotatable bonds is 7. The molecule has 0 heterocycles. The number of aliphatic hydroxyl groups is 1. The molecule has 1 amide bonds. The van der Waals surface area contributed by atoms with Crippen molar-refractivity contribution in [2.75, 3.05) is 18.9 Å². The monoisotopic (exact) mass is 280 g/mol. The molecule has 0 aliphatic heterocycles. The van der Waals surface area contributed by atoms with Crippen LogP contribution in [0.3, 0.4) is 0 Å². The summed E-state index contributed by atoms with van der Waals surface area (Å²) in [6.45, 7) is 6.19. The quantitative estimate of drug-likeness (QED) is 0.666. The number of nitrogen functional groups attached to an aromatic ring is 1. The lowest BCUT2D eigenvalue weighted by atomic mass is 9.94. The van der Waals surface area contributed by atoms with Gasteiger partial charge >= 0.3 is 0 Å². The molecule has 0 bridgehead atoms. The SMILES string of the molecule is CCOc1c(N)cccc1C(=O)NC(C)(CC)CCO. The molecule has 1 aromatic carbocycles. The molecule has 5 heteroatoms. The standard InChI is InChI=1S/C15H24N2O3/c1-4-15(3,9-10-18)17-14(19)11-7-6-8-12(16)13(11)20-5-2/h6-8,18H,4-5,9-10,16H2,1-3H3,(H,17,19). The van der Waals surface area contributed by atoms with Gasteiger partial charge in [-0.2, -0.15) is 0 Å². The minimum Gasteiger partial charge on any atom is -0.491 e. The van der Waals surface area contributed by atoms with Crippen LogP contribution in [0.25, 0.3) is 0 Å². The summed E-state index contributed by atoms with van der Waals surface area (Å²) in [6, 6.07) is 5.11. The molecule has 1 unspecified atom stereocenters. The molecule has 112 valence electrons. The number of nitrogens with two attached hydrogens (primary N) is 1. The number of ether oxygens (including phenoxy) is 1. The Morgan fingerprint density at radius 3 is 2.70 bits per heavy atom. The van der Waals surface area contributed by atoms with Crippen LogP contribution in [0.5, 0.6) is 5.75 Å². The first-order valence-corrected chi connectivity index (χ1v) is 6.92. The van der Waals surface area contributed by atoms with Crippen LogP contribution in [0.4, 0.5) is 5.69 Å². The van der Waals surface area contributed by atoms with Crippen molar-refractivity contribution in [1.82, 2.24) is 5.32 Å². The normalized spacial score (nSPS) is 13.6. The van der Waals surface area contributed by atoms with Gasteiger partial charge in [-0.25, -0.2) is 0 Å². The van der Waals surface area contributed by atoms with Gasteiger partial charge in [-0.05, 0) is 38.8 Å². The van der Waals surface area contributed by atoms with Crippen molar-refractivity contribution in [2.45, 2.75) is 39.2 Å². The van der Waals surface area contributed by atoms with E-state index in [1.165, 1.54) is 0 Å². The molecule has 0 saturated carbocycles. The topological polar surface area (TPSA) is 84.6 Å². The van der Waals surface area contributed by atoms with Crippen LogP contribution in [0.15, 0.2) is 18.2 Å². The molecular weight excluding hydrogens is 256 g/mol. The molecule has 0 radical (unpaired) electrons. The first kappa shape index (κ1) is 16.3. The van der Waals surface area contributed by atoms with E-state index in [9.17, 15) is 4.79 Å². The van der Waals surface area contributed by atoms with Gasteiger partial charge in [-0.15, -0.1) is 0 Å². The molecule has 0 fully saturated rings. The molecule has 1 rings (SSSR count). The predicted molar refractivity (Wildman–Crippen MR) is 79.9 cm³/mol. The lowest BCUT2D eigenvalue weighted by Crippen LogP contribution is -2.46. The summed E-state index contributed by atoms with van der Waals surface area (Å²) in [5, 5.41) is 12.1.